The third kappa shape index (κ3) is 6.33. The Kier molecular flexibility index (Phi) is 7.67. The van der Waals surface area contributed by atoms with Crippen LogP contribution in [0.5, 0.6) is 11.5 Å². The molecule has 2 amide bonds. The zero-order valence-corrected chi connectivity index (χ0v) is 16.0. The molecular formula is C21H26N2O4. The molecule has 0 aliphatic heterocycles. The number of hydrogen-bond donors (Lipinski definition) is 2. The molecule has 0 unspecified atom stereocenters. The van der Waals surface area contributed by atoms with Gasteiger partial charge in [0.1, 0.15) is 11.5 Å². The van der Waals surface area contributed by atoms with Crippen molar-refractivity contribution in [2.45, 2.75) is 33.6 Å². The lowest BCUT2D eigenvalue weighted by Gasteiger charge is -2.12. The first-order valence-electron chi connectivity index (χ1n) is 9.17. The Hall–Kier alpha value is -3.02. The summed E-state index contributed by atoms with van der Waals surface area (Å²) in [6, 6.07) is 12.2. The van der Waals surface area contributed by atoms with Gasteiger partial charge in [-0.25, -0.2) is 0 Å². The van der Waals surface area contributed by atoms with Crippen molar-refractivity contribution in [2.75, 3.05) is 23.8 Å². The fourth-order valence-electron chi connectivity index (χ4n) is 2.53. The Balaban J connectivity index is 2.15. The second kappa shape index (κ2) is 10.2. The second-order valence-corrected chi connectivity index (χ2v) is 5.89. The van der Waals surface area contributed by atoms with Gasteiger partial charge in [0.05, 0.1) is 13.2 Å². The molecule has 0 spiro atoms. The molecule has 2 rings (SSSR count). The monoisotopic (exact) mass is 370 g/mol. The third-order valence-electron chi connectivity index (χ3n) is 3.65. The minimum atomic E-state index is -0.283. The van der Waals surface area contributed by atoms with Gasteiger partial charge in [0.25, 0.3) is 5.91 Å². The van der Waals surface area contributed by atoms with E-state index in [0.29, 0.717) is 48.1 Å². The van der Waals surface area contributed by atoms with Gasteiger partial charge in [-0.15, -0.1) is 0 Å². The molecule has 0 aromatic heterocycles. The number of rotatable bonds is 9. The van der Waals surface area contributed by atoms with Crippen LogP contribution in [0.1, 0.15) is 44.0 Å². The Labute approximate surface area is 159 Å². The van der Waals surface area contributed by atoms with Gasteiger partial charge >= 0.3 is 0 Å². The fraction of sp³-hybridized carbons (Fsp3) is 0.333. The number of hydrogen-bond acceptors (Lipinski definition) is 4. The van der Waals surface area contributed by atoms with Crippen LogP contribution in [0.3, 0.4) is 0 Å². The summed E-state index contributed by atoms with van der Waals surface area (Å²) in [6.07, 6.45) is 1.24. The molecule has 2 N–H and O–H groups in total. The Morgan fingerprint density at radius 1 is 0.852 bits per heavy atom. The molecule has 27 heavy (non-hydrogen) atoms. The number of nitrogens with one attached hydrogen (secondary N) is 2. The van der Waals surface area contributed by atoms with Gasteiger partial charge in [-0.3, -0.25) is 9.59 Å². The molecule has 0 fully saturated rings. The van der Waals surface area contributed by atoms with E-state index in [1.54, 1.807) is 42.5 Å². The van der Waals surface area contributed by atoms with Crippen LogP contribution in [-0.2, 0) is 4.79 Å². The Bertz CT molecular complexity index is 765. The first-order chi connectivity index (χ1) is 13.0. The van der Waals surface area contributed by atoms with E-state index in [1.807, 2.05) is 20.8 Å². The van der Waals surface area contributed by atoms with E-state index in [0.717, 1.165) is 6.42 Å². The summed E-state index contributed by atoms with van der Waals surface area (Å²) in [6.45, 7) is 6.70. The van der Waals surface area contributed by atoms with E-state index < -0.39 is 0 Å². The smallest absolute Gasteiger partial charge is 0.255 e. The number of carbonyl (C=O) groups is 2. The first-order valence-corrected chi connectivity index (χ1v) is 9.17. The second-order valence-electron chi connectivity index (χ2n) is 5.89. The molecule has 6 heteroatoms. The van der Waals surface area contributed by atoms with E-state index in [1.165, 1.54) is 0 Å². The summed E-state index contributed by atoms with van der Waals surface area (Å²) in [5, 5.41) is 5.66. The van der Waals surface area contributed by atoms with Gasteiger partial charge in [0, 0.05) is 29.4 Å². The number of anilines is 2. The van der Waals surface area contributed by atoms with E-state index in [2.05, 4.69) is 10.6 Å². The molecule has 0 saturated carbocycles. The molecular weight excluding hydrogens is 344 g/mol. The number of amides is 2. The highest BCUT2D eigenvalue weighted by molar-refractivity contribution is 6.05. The van der Waals surface area contributed by atoms with Crippen molar-refractivity contribution >= 4 is 23.2 Å². The van der Waals surface area contributed by atoms with E-state index in [-0.39, 0.29) is 11.8 Å². The van der Waals surface area contributed by atoms with Crippen LogP contribution >= 0.6 is 0 Å². The topological polar surface area (TPSA) is 76.7 Å². The predicted octanol–water partition coefficient (Wildman–Crippen LogP) is 4.47. The highest BCUT2D eigenvalue weighted by Gasteiger charge is 2.11. The van der Waals surface area contributed by atoms with Crippen molar-refractivity contribution in [3.8, 4) is 11.5 Å². The molecule has 2 aromatic rings. The average Bonchev–Trinajstić information content (AvgIpc) is 2.62. The molecule has 0 aliphatic carbocycles. The molecule has 0 heterocycles. The van der Waals surface area contributed by atoms with Gasteiger partial charge in [0.15, 0.2) is 0 Å². The summed E-state index contributed by atoms with van der Waals surface area (Å²) in [5.74, 6) is 0.824. The number of carbonyl (C=O) groups excluding carboxylic acids is 2. The zero-order valence-electron chi connectivity index (χ0n) is 16.0. The zero-order chi connectivity index (χ0) is 19.6. The van der Waals surface area contributed by atoms with Crippen LogP contribution in [-0.4, -0.2) is 25.0 Å². The van der Waals surface area contributed by atoms with Gasteiger partial charge in [-0.05, 0) is 50.6 Å². The van der Waals surface area contributed by atoms with Crippen LogP contribution in [0.4, 0.5) is 11.4 Å². The molecule has 0 radical (unpaired) electrons. The SMILES string of the molecule is CCCC(=O)Nc1cccc(NC(=O)c2cc(OCC)cc(OCC)c2)c1. The predicted molar refractivity (Wildman–Crippen MR) is 107 cm³/mol. The van der Waals surface area contributed by atoms with Crippen molar-refractivity contribution in [3.05, 3.63) is 48.0 Å². The van der Waals surface area contributed by atoms with Crippen LogP contribution in [0.15, 0.2) is 42.5 Å². The lowest BCUT2D eigenvalue weighted by Crippen LogP contribution is -2.14. The standard InChI is InChI=1S/C21H26N2O4/c1-4-8-20(24)22-16-9-7-10-17(13-16)23-21(25)15-11-18(26-5-2)14-19(12-15)27-6-3/h7,9-14H,4-6,8H2,1-3H3,(H,22,24)(H,23,25). The fourth-order valence-corrected chi connectivity index (χ4v) is 2.53. The minimum Gasteiger partial charge on any atom is -0.494 e. The van der Waals surface area contributed by atoms with Crippen molar-refractivity contribution < 1.29 is 19.1 Å². The van der Waals surface area contributed by atoms with Gasteiger partial charge < -0.3 is 20.1 Å². The van der Waals surface area contributed by atoms with Crippen LogP contribution < -0.4 is 20.1 Å². The van der Waals surface area contributed by atoms with Crippen molar-refractivity contribution in [3.63, 3.8) is 0 Å². The maximum atomic E-state index is 12.7. The van der Waals surface area contributed by atoms with Crippen LogP contribution in [0.2, 0.25) is 0 Å². The van der Waals surface area contributed by atoms with E-state index in [9.17, 15) is 9.59 Å². The average molecular weight is 370 g/mol. The first kappa shape index (κ1) is 20.3. The Morgan fingerprint density at radius 3 is 2.00 bits per heavy atom. The normalized spacial score (nSPS) is 10.2. The lowest BCUT2D eigenvalue weighted by atomic mass is 10.1. The van der Waals surface area contributed by atoms with Crippen molar-refractivity contribution in [2.24, 2.45) is 0 Å². The minimum absolute atomic E-state index is 0.0493. The van der Waals surface area contributed by atoms with Gasteiger partial charge in [-0.2, -0.15) is 0 Å². The van der Waals surface area contributed by atoms with Crippen LogP contribution in [0.25, 0.3) is 0 Å². The van der Waals surface area contributed by atoms with E-state index >= 15 is 0 Å². The highest BCUT2D eigenvalue weighted by Crippen LogP contribution is 2.24. The van der Waals surface area contributed by atoms with Crippen LogP contribution in [0, 0.1) is 0 Å². The quantitative estimate of drug-likeness (QED) is 0.682. The van der Waals surface area contributed by atoms with Gasteiger partial charge in [0.2, 0.25) is 5.91 Å². The molecule has 0 atom stereocenters. The maximum Gasteiger partial charge on any atom is 0.255 e. The summed E-state index contributed by atoms with van der Waals surface area (Å²) < 4.78 is 11.0. The summed E-state index contributed by atoms with van der Waals surface area (Å²) >= 11 is 0. The van der Waals surface area contributed by atoms with Crippen molar-refractivity contribution in [1.82, 2.24) is 0 Å². The molecule has 0 saturated heterocycles. The van der Waals surface area contributed by atoms with Gasteiger partial charge in [-0.1, -0.05) is 13.0 Å². The molecule has 2 aromatic carbocycles. The number of ether oxygens (including phenoxy) is 2. The molecule has 6 nitrogen and oxygen atoms in total. The summed E-state index contributed by atoms with van der Waals surface area (Å²) in [4.78, 5) is 24.4. The largest absolute Gasteiger partial charge is 0.494 e. The molecule has 144 valence electrons. The molecule has 0 aliphatic rings. The lowest BCUT2D eigenvalue weighted by molar-refractivity contribution is -0.116. The third-order valence-corrected chi connectivity index (χ3v) is 3.65. The van der Waals surface area contributed by atoms with E-state index in [4.69, 9.17) is 9.47 Å². The summed E-state index contributed by atoms with van der Waals surface area (Å²) in [7, 11) is 0. The maximum absolute atomic E-state index is 12.7. The number of benzene rings is 2. The Morgan fingerprint density at radius 2 is 1.44 bits per heavy atom. The highest BCUT2D eigenvalue weighted by atomic mass is 16.5. The summed E-state index contributed by atoms with van der Waals surface area (Å²) in [5.41, 5.74) is 1.67. The van der Waals surface area contributed by atoms with Crippen molar-refractivity contribution in [1.29, 1.82) is 0 Å². The molecule has 0 bridgehead atoms.